The van der Waals surface area contributed by atoms with E-state index in [0.717, 1.165) is 74.9 Å². The molecule has 58 heavy (non-hydrogen) atoms. The van der Waals surface area contributed by atoms with Gasteiger partial charge in [-0.1, -0.05) is 85.4 Å². The van der Waals surface area contributed by atoms with E-state index in [1.165, 1.54) is 50.0 Å². The summed E-state index contributed by atoms with van der Waals surface area (Å²) in [5.74, 6) is -3.60. The molecule has 3 aliphatic rings. The van der Waals surface area contributed by atoms with Gasteiger partial charge in [0.15, 0.2) is 21.0 Å². The summed E-state index contributed by atoms with van der Waals surface area (Å²) in [6.45, 7) is 0. The fourth-order valence-electron chi connectivity index (χ4n) is 5.98. The van der Waals surface area contributed by atoms with Crippen molar-refractivity contribution >= 4 is 58.5 Å². The molecule has 6 rings (SSSR count). The van der Waals surface area contributed by atoms with Gasteiger partial charge in [-0.2, -0.15) is 58.3 Å². The molecule has 3 aromatic heterocycles. The van der Waals surface area contributed by atoms with Gasteiger partial charge in [-0.25, -0.2) is 15.0 Å². The zero-order valence-electron chi connectivity index (χ0n) is 31.2. The van der Waals surface area contributed by atoms with Crippen LogP contribution in [0.4, 0.5) is 59.9 Å². The highest BCUT2D eigenvalue weighted by Crippen LogP contribution is 2.41. The summed E-state index contributed by atoms with van der Waals surface area (Å²) < 4.78 is 139. The fourth-order valence-corrected chi connectivity index (χ4v) is 7.38. The van der Waals surface area contributed by atoms with E-state index in [9.17, 15) is 53.1 Å². The van der Waals surface area contributed by atoms with E-state index in [4.69, 9.17) is 17.3 Å². The van der Waals surface area contributed by atoms with Crippen LogP contribution < -0.4 is 21.9 Å². The third-order valence-electron chi connectivity index (χ3n) is 8.74. The third-order valence-corrected chi connectivity index (χ3v) is 10.7. The summed E-state index contributed by atoms with van der Waals surface area (Å²) in [6, 6.07) is 0.676. The van der Waals surface area contributed by atoms with E-state index in [0.29, 0.717) is 11.2 Å². The average molecular weight is 920 g/mol. The molecule has 3 aliphatic carbocycles. The van der Waals surface area contributed by atoms with Crippen molar-refractivity contribution in [1.29, 1.82) is 0 Å². The number of H-pyrrole nitrogens is 1. The molecule has 0 bridgehead atoms. The Hall–Kier alpha value is -2.83. The van der Waals surface area contributed by atoms with Crippen LogP contribution in [-0.4, -0.2) is 66.8 Å². The van der Waals surface area contributed by atoms with Gasteiger partial charge in [-0.3, -0.25) is 4.79 Å². The van der Waals surface area contributed by atoms with Gasteiger partial charge in [-0.15, -0.1) is 0 Å². The van der Waals surface area contributed by atoms with Gasteiger partial charge in [0.2, 0.25) is 11.9 Å². The molecule has 3 heterocycles. The first-order valence-electron chi connectivity index (χ1n) is 17.7. The highest BCUT2D eigenvalue weighted by molar-refractivity contribution is 7.98. The number of nitrogens with one attached hydrogen (secondary N) is 3. The van der Waals surface area contributed by atoms with Gasteiger partial charge in [0.1, 0.15) is 27.9 Å². The number of rotatable bonds is 7. The lowest BCUT2D eigenvalue weighted by Crippen LogP contribution is -2.25. The van der Waals surface area contributed by atoms with Crippen molar-refractivity contribution < 1.29 is 48.3 Å². The molecule has 3 fully saturated rings. The maximum atomic E-state index is 13.7. The second-order valence-electron chi connectivity index (χ2n) is 13.0. The van der Waals surface area contributed by atoms with Gasteiger partial charge in [0.05, 0.1) is 0 Å². The Balaban J connectivity index is 0.000000227. The predicted octanol–water partition coefficient (Wildman–Crippen LogP) is 10.5. The minimum absolute atomic E-state index is 0.0648. The number of aromatic amines is 1. The average Bonchev–Trinajstić information content (AvgIpc) is 3.92. The maximum absolute atomic E-state index is 13.7. The van der Waals surface area contributed by atoms with E-state index in [2.05, 4.69) is 35.6 Å². The molecule has 25 heteroatoms. The highest BCUT2D eigenvalue weighted by Gasteiger charge is 2.41. The lowest BCUT2D eigenvalue weighted by molar-refractivity contribution is -0.142. The van der Waals surface area contributed by atoms with Crippen LogP contribution in [0.5, 0.6) is 0 Å². The lowest BCUT2D eigenvalue weighted by Gasteiger charge is -2.22. The largest absolute Gasteiger partial charge is 0.426 e. The molecule has 10 nitrogen and oxygen atoms in total. The number of halogens is 12. The van der Waals surface area contributed by atoms with E-state index in [1.54, 1.807) is 6.26 Å². The maximum Gasteiger partial charge on any atom is 0.426 e. The summed E-state index contributed by atoms with van der Waals surface area (Å²) in [5, 5.41) is 5.17. The number of hydrogen-bond acceptors (Lipinski definition) is 12. The highest BCUT2D eigenvalue weighted by atomic mass is 35.5. The first-order chi connectivity index (χ1) is 27.1. The SMILES string of the molecule is CSc1nc(F)c(C(F)(F)F)c(=O)[nH]1.CSc1nc(F)c(C(F)(F)F)c(Cl)n1.CSc1nc(NC2CCCC2)c(C(F)(F)F)c(NC2CCCC2)n1.NC1CCCC1. The molecule has 0 spiro atoms. The summed E-state index contributed by atoms with van der Waals surface area (Å²) >= 11 is 8.18. The van der Waals surface area contributed by atoms with Crippen molar-refractivity contribution in [3.8, 4) is 0 Å². The van der Waals surface area contributed by atoms with Crippen molar-refractivity contribution in [2.24, 2.45) is 5.73 Å². The summed E-state index contributed by atoms with van der Waals surface area (Å²) in [5.41, 5.74) is -0.256. The van der Waals surface area contributed by atoms with Gasteiger partial charge >= 0.3 is 18.5 Å². The number of thioether (sulfide) groups is 3. The number of alkyl halides is 9. The Labute approximate surface area is 344 Å². The second kappa shape index (κ2) is 22.1. The molecule has 0 unspecified atom stereocenters. The fraction of sp³-hybridized carbons (Fsp3) is 0.636. The Bertz CT molecular complexity index is 1770. The van der Waals surface area contributed by atoms with Crippen LogP contribution in [0.3, 0.4) is 0 Å². The topological polar surface area (TPSA) is 147 Å². The van der Waals surface area contributed by atoms with Crippen molar-refractivity contribution in [2.45, 2.75) is 129 Å². The standard InChI is InChI=1S/C16H23F3N4S.C6H3ClF4N2S.C6H4F4N2OS.C5H11N/c1-24-15-22-13(20-10-6-2-3-7-10)12(16(17,18)19)14(23-15)21-11-8-4-5-9-11;1-14-5-12-3(7)2(4(8)13-5)6(9,10)11;1-14-5-11-3(7)2(4(13)12-5)6(8,9)10;6-5-3-1-2-4-5/h10-11H,2-9H2,1H3,(H2,20,21,22,23);1H3;1H3,(H,11,12,13);5H,1-4,6H2. The Kier molecular flexibility index (Phi) is 18.9. The van der Waals surface area contributed by atoms with Gasteiger partial charge in [0.25, 0.3) is 5.56 Å². The van der Waals surface area contributed by atoms with Crippen LogP contribution in [0.2, 0.25) is 5.15 Å². The second-order valence-corrected chi connectivity index (χ2v) is 15.7. The van der Waals surface area contributed by atoms with Gasteiger partial charge in [0, 0.05) is 18.1 Å². The number of hydrogen-bond donors (Lipinski definition) is 4. The van der Waals surface area contributed by atoms with Crippen LogP contribution in [0, 0.1) is 11.9 Å². The molecule has 0 aromatic carbocycles. The summed E-state index contributed by atoms with van der Waals surface area (Å²) in [6.07, 6.45) is 3.34. The number of anilines is 2. The number of aromatic nitrogens is 6. The normalized spacial score (nSPS) is 16.6. The molecule has 0 aliphatic heterocycles. The van der Waals surface area contributed by atoms with Crippen molar-refractivity contribution in [3.63, 3.8) is 0 Å². The zero-order chi connectivity index (χ0) is 43.4. The van der Waals surface area contributed by atoms with Crippen LogP contribution >= 0.6 is 46.9 Å². The first-order valence-corrected chi connectivity index (χ1v) is 21.7. The summed E-state index contributed by atoms with van der Waals surface area (Å²) in [4.78, 5) is 30.1. The van der Waals surface area contributed by atoms with Crippen LogP contribution in [0.1, 0.15) is 93.7 Å². The Morgan fingerprint density at radius 3 is 1.33 bits per heavy atom. The van der Waals surface area contributed by atoms with E-state index in [1.807, 2.05) is 4.98 Å². The van der Waals surface area contributed by atoms with Gasteiger partial charge < -0.3 is 21.4 Å². The molecule has 3 saturated carbocycles. The van der Waals surface area contributed by atoms with Crippen molar-refractivity contribution in [3.05, 3.63) is 44.1 Å². The third kappa shape index (κ3) is 15.0. The van der Waals surface area contributed by atoms with Crippen LogP contribution in [0.15, 0.2) is 20.3 Å². The molecule has 0 atom stereocenters. The zero-order valence-corrected chi connectivity index (χ0v) is 34.4. The minimum atomic E-state index is -5.03. The summed E-state index contributed by atoms with van der Waals surface area (Å²) in [7, 11) is 0. The van der Waals surface area contributed by atoms with Gasteiger partial charge in [-0.05, 0) is 57.3 Å². The molecule has 0 radical (unpaired) electrons. The van der Waals surface area contributed by atoms with Crippen LogP contribution in [-0.2, 0) is 18.5 Å². The van der Waals surface area contributed by atoms with Crippen LogP contribution in [0.25, 0.3) is 0 Å². The molecule has 0 amide bonds. The molecule has 0 saturated heterocycles. The van der Waals surface area contributed by atoms with Crippen molar-refractivity contribution in [2.75, 3.05) is 29.4 Å². The smallest absolute Gasteiger partial charge is 0.367 e. The molecular formula is C33H41ClF11N9OS3. The van der Waals surface area contributed by atoms with E-state index >= 15 is 0 Å². The Morgan fingerprint density at radius 1 is 0.603 bits per heavy atom. The molecule has 3 aromatic rings. The quantitative estimate of drug-likeness (QED) is 0.0774. The number of nitrogens with two attached hydrogens (primary N) is 1. The van der Waals surface area contributed by atoms with Crippen molar-refractivity contribution in [1.82, 2.24) is 29.9 Å². The molecule has 5 N–H and O–H groups in total. The molecule has 326 valence electrons. The molecular weight excluding hydrogens is 879 g/mol. The van der Waals surface area contributed by atoms with E-state index in [-0.39, 0.29) is 34.0 Å². The van der Waals surface area contributed by atoms with E-state index < -0.39 is 57.8 Å². The predicted molar refractivity (Wildman–Crippen MR) is 202 cm³/mol. The minimum Gasteiger partial charge on any atom is -0.367 e. The number of nitrogens with zero attached hydrogens (tertiary/aromatic N) is 5. The monoisotopic (exact) mass is 919 g/mol. The Morgan fingerprint density at radius 2 is 1.00 bits per heavy atom. The first kappa shape index (κ1) is 49.5. The lowest BCUT2D eigenvalue weighted by atomic mass is 10.2.